The molecule has 1 amide bonds. The van der Waals surface area contributed by atoms with Gasteiger partial charge in [-0.3, -0.25) is 4.72 Å². The van der Waals surface area contributed by atoms with Crippen molar-refractivity contribution in [3.05, 3.63) is 41.1 Å². The Labute approximate surface area is 223 Å². The van der Waals surface area contributed by atoms with Crippen molar-refractivity contribution in [2.75, 3.05) is 22.3 Å². The number of rotatable bonds is 11. The molecule has 11 nitrogen and oxygen atoms in total. The number of hydrogen-bond acceptors (Lipinski definition) is 7. The van der Waals surface area contributed by atoms with Crippen LogP contribution in [0.4, 0.5) is 20.8 Å². The van der Waals surface area contributed by atoms with Crippen LogP contribution in [0, 0.1) is 11.7 Å². The molecule has 0 saturated heterocycles. The third-order valence-corrected chi connectivity index (χ3v) is 7.90. The monoisotopic (exact) mass is 563 g/mol. The lowest BCUT2D eigenvalue weighted by molar-refractivity contribution is 0.191. The van der Waals surface area contributed by atoms with Gasteiger partial charge >= 0.3 is 6.09 Å². The van der Waals surface area contributed by atoms with Crippen molar-refractivity contribution in [2.45, 2.75) is 44.6 Å². The molecule has 2 aliphatic carbocycles. The van der Waals surface area contributed by atoms with Gasteiger partial charge in [0.1, 0.15) is 11.5 Å². The summed E-state index contributed by atoms with van der Waals surface area (Å²) in [5.74, 6) is 0.386. The molecule has 1 unspecified atom stereocenters. The molecule has 0 radical (unpaired) electrons. The van der Waals surface area contributed by atoms with E-state index in [1.54, 1.807) is 13.0 Å². The van der Waals surface area contributed by atoms with Crippen LogP contribution in [0.3, 0.4) is 0 Å². The van der Waals surface area contributed by atoms with Gasteiger partial charge in [0.05, 0.1) is 22.8 Å². The van der Waals surface area contributed by atoms with Crippen LogP contribution in [0.5, 0.6) is 0 Å². The number of sulfonamides is 1. The van der Waals surface area contributed by atoms with E-state index in [1.807, 2.05) is 0 Å². The third kappa shape index (κ3) is 6.33. The largest absolute Gasteiger partial charge is 0.465 e. The highest BCUT2D eigenvalue weighted by atomic mass is 35.5. The van der Waals surface area contributed by atoms with E-state index in [1.165, 1.54) is 18.3 Å². The minimum Gasteiger partial charge on any atom is -0.465 e. The van der Waals surface area contributed by atoms with Gasteiger partial charge in [0, 0.05) is 35.3 Å². The summed E-state index contributed by atoms with van der Waals surface area (Å²) in [5, 5.41) is 14.3. The van der Waals surface area contributed by atoms with Gasteiger partial charge in [-0.05, 0) is 56.7 Å². The Bertz CT molecular complexity index is 1470. The zero-order chi connectivity index (χ0) is 27.0. The van der Waals surface area contributed by atoms with E-state index in [2.05, 4.69) is 30.3 Å². The van der Waals surface area contributed by atoms with Gasteiger partial charge in [-0.15, -0.1) is 0 Å². The van der Waals surface area contributed by atoms with E-state index in [0.29, 0.717) is 22.9 Å². The zero-order valence-electron chi connectivity index (χ0n) is 20.5. The molecule has 2 aromatic heterocycles. The Morgan fingerprint density at radius 3 is 2.71 bits per heavy atom. The molecular formula is C24H27ClFN7O4S. The molecule has 0 aliphatic heterocycles. The van der Waals surface area contributed by atoms with E-state index in [9.17, 15) is 13.2 Å². The molecule has 2 aliphatic rings. The number of hydrogen-bond donors (Lipinski definition) is 5. The van der Waals surface area contributed by atoms with E-state index in [4.69, 9.17) is 21.7 Å². The number of nitrogens with zero attached hydrogens (tertiary/aromatic N) is 3. The molecule has 0 bridgehead atoms. The Kier molecular flexibility index (Phi) is 7.14. The fraction of sp³-hybridized carbons (Fsp3) is 0.417. The number of imidazole rings is 1. The lowest BCUT2D eigenvalue weighted by atomic mass is 10.1. The molecule has 5 N–H and O–H groups in total. The number of aromatic nitrogens is 4. The van der Waals surface area contributed by atoms with Gasteiger partial charge in [-0.1, -0.05) is 11.6 Å². The summed E-state index contributed by atoms with van der Waals surface area (Å²) >= 11 is 6.31. The number of aromatic amines is 1. The molecule has 38 heavy (non-hydrogen) atoms. The number of amides is 1. The molecule has 202 valence electrons. The molecule has 2 heterocycles. The first-order valence-electron chi connectivity index (χ1n) is 12.2. The maximum atomic E-state index is 15.8. The summed E-state index contributed by atoms with van der Waals surface area (Å²) in [6, 6.07) is 3.90. The number of nitrogens with one attached hydrogen (secondary N) is 4. The van der Waals surface area contributed by atoms with Crippen LogP contribution in [0.25, 0.3) is 22.6 Å². The highest BCUT2D eigenvalue weighted by molar-refractivity contribution is 7.92. The summed E-state index contributed by atoms with van der Waals surface area (Å²) in [6.07, 6.45) is 3.96. The van der Waals surface area contributed by atoms with E-state index < -0.39 is 28.0 Å². The number of benzene rings is 1. The minimum absolute atomic E-state index is 0.0587. The third-order valence-electron chi connectivity index (χ3n) is 6.24. The first-order chi connectivity index (χ1) is 18.1. The van der Waals surface area contributed by atoms with Crippen LogP contribution in [0.2, 0.25) is 5.02 Å². The summed E-state index contributed by atoms with van der Waals surface area (Å²) in [4.78, 5) is 27.4. The molecule has 1 aromatic carbocycles. The predicted molar refractivity (Wildman–Crippen MR) is 141 cm³/mol. The van der Waals surface area contributed by atoms with Gasteiger partial charge < -0.3 is 20.7 Å². The van der Waals surface area contributed by atoms with E-state index in [0.717, 1.165) is 25.7 Å². The van der Waals surface area contributed by atoms with Gasteiger partial charge in [0.2, 0.25) is 16.0 Å². The Morgan fingerprint density at radius 1 is 1.26 bits per heavy atom. The van der Waals surface area contributed by atoms with Gasteiger partial charge in [-0.2, -0.15) is 0 Å². The second kappa shape index (κ2) is 10.4. The van der Waals surface area contributed by atoms with Crippen molar-refractivity contribution in [3.63, 3.8) is 0 Å². The average Bonchev–Trinajstić information content (AvgIpc) is 3.79. The quantitative estimate of drug-likeness (QED) is 0.229. The first kappa shape index (κ1) is 26.2. The maximum Gasteiger partial charge on any atom is 0.404 e. The van der Waals surface area contributed by atoms with E-state index in [-0.39, 0.29) is 46.4 Å². The Hall–Kier alpha value is -3.45. The van der Waals surface area contributed by atoms with Gasteiger partial charge in [0.15, 0.2) is 5.82 Å². The van der Waals surface area contributed by atoms with Crippen LogP contribution in [-0.4, -0.2) is 57.9 Å². The molecule has 1 atom stereocenters. The van der Waals surface area contributed by atoms with Crippen molar-refractivity contribution < 1.29 is 22.7 Å². The van der Waals surface area contributed by atoms with Crippen LogP contribution in [0.15, 0.2) is 24.4 Å². The van der Waals surface area contributed by atoms with Gasteiger partial charge in [-0.25, -0.2) is 32.6 Å². The van der Waals surface area contributed by atoms with Crippen molar-refractivity contribution in [2.24, 2.45) is 5.92 Å². The highest BCUT2D eigenvalue weighted by Crippen LogP contribution is 2.43. The topological polar surface area (TPSA) is 162 Å². The molecule has 2 fully saturated rings. The van der Waals surface area contributed by atoms with Crippen molar-refractivity contribution in [3.8, 4) is 22.6 Å². The van der Waals surface area contributed by atoms with Gasteiger partial charge in [0.25, 0.3) is 0 Å². The first-order valence-corrected chi connectivity index (χ1v) is 14.3. The lowest BCUT2D eigenvalue weighted by Gasteiger charge is -2.13. The van der Waals surface area contributed by atoms with Crippen LogP contribution < -0.4 is 15.4 Å². The number of H-pyrrole nitrogens is 1. The number of carboxylic acid groups (broad SMARTS) is 1. The summed E-state index contributed by atoms with van der Waals surface area (Å²) in [6.45, 7) is 1.93. The fourth-order valence-corrected chi connectivity index (χ4v) is 5.79. The molecule has 14 heteroatoms. The second-order valence-corrected chi connectivity index (χ2v) is 12.0. The molecular weight excluding hydrogens is 537 g/mol. The number of carbonyl (C=O) groups is 1. The van der Waals surface area contributed by atoms with Crippen LogP contribution in [0.1, 0.15) is 44.3 Å². The summed E-state index contributed by atoms with van der Waals surface area (Å²) < 4.78 is 43.3. The molecule has 2 saturated carbocycles. The predicted octanol–water partition coefficient (Wildman–Crippen LogP) is 4.42. The Balaban J connectivity index is 1.49. The SMILES string of the molecule is CC(CNc1nccc(-c2nc(C3CC3)[nH]c2-c2cc(Cl)cc(NS(=O)(=O)CC3CC3)c2F)n1)NC(=O)O. The summed E-state index contributed by atoms with van der Waals surface area (Å²) in [5.41, 5.74) is 0.909. The Morgan fingerprint density at radius 2 is 2.03 bits per heavy atom. The number of halogens is 2. The zero-order valence-corrected chi connectivity index (χ0v) is 22.0. The van der Waals surface area contributed by atoms with Crippen molar-refractivity contribution in [1.29, 1.82) is 0 Å². The second-order valence-electron chi connectivity index (χ2n) is 9.76. The molecule has 3 aromatic rings. The maximum absolute atomic E-state index is 15.8. The standard InChI is InChI=1S/C24H27ClFN7O4S/c1-12(29-24(34)35)10-28-23-27-7-6-17(30-23)21-20(31-22(32-21)14-4-5-14)16-8-15(25)9-18(19(16)26)33-38(36,37)11-13-2-3-13/h6-9,12-14,29,33H,2-5,10-11H2,1H3,(H,31,32)(H,34,35)(H,27,28,30). The average molecular weight is 564 g/mol. The summed E-state index contributed by atoms with van der Waals surface area (Å²) in [7, 11) is -3.74. The fourth-order valence-electron chi connectivity index (χ4n) is 4.05. The van der Waals surface area contributed by atoms with Crippen LogP contribution in [-0.2, 0) is 10.0 Å². The number of anilines is 2. The van der Waals surface area contributed by atoms with Crippen molar-refractivity contribution >= 4 is 39.4 Å². The normalized spacial score (nSPS) is 16.2. The molecule has 0 spiro atoms. The van der Waals surface area contributed by atoms with Crippen molar-refractivity contribution in [1.82, 2.24) is 25.3 Å². The molecule has 5 rings (SSSR count). The minimum atomic E-state index is -3.74. The lowest BCUT2D eigenvalue weighted by Crippen LogP contribution is -2.36. The highest BCUT2D eigenvalue weighted by Gasteiger charge is 2.31. The smallest absolute Gasteiger partial charge is 0.404 e. The van der Waals surface area contributed by atoms with E-state index >= 15 is 4.39 Å². The van der Waals surface area contributed by atoms with Crippen LogP contribution >= 0.6 is 11.6 Å².